The van der Waals surface area contributed by atoms with E-state index in [2.05, 4.69) is 15.4 Å². The molecule has 0 bridgehead atoms. The average Bonchev–Trinajstić information content (AvgIpc) is 3.94. The van der Waals surface area contributed by atoms with Gasteiger partial charge < -0.3 is 25.2 Å². The molecule has 2 unspecified atom stereocenters. The number of rotatable bonds is 7. The summed E-state index contributed by atoms with van der Waals surface area (Å²) in [6, 6.07) is -0.362. The highest BCUT2D eigenvalue weighted by molar-refractivity contribution is 7.91. The van der Waals surface area contributed by atoms with Crippen LogP contribution in [0.5, 0.6) is 0 Å². The van der Waals surface area contributed by atoms with Crippen LogP contribution in [0.1, 0.15) is 84.1 Å². The van der Waals surface area contributed by atoms with Gasteiger partial charge in [-0.05, 0) is 77.5 Å². The largest absolute Gasteiger partial charge is 0.460 e. The molecule has 7 rings (SSSR count). The first-order chi connectivity index (χ1) is 26.4. The Morgan fingerprint density at radius 2 is 1.82 bits per heavy atom. The SMILES string of the molecule is CC(C)N1C(O[C@@H]2C[C@H]3C(=O)N[C@]4(C(=O)NS(=O)(=O)C5(C)CC5)C[C@H]4/C=C\CCCCC[C@H](Nc4cc(F)cc(C(F)(F)F)c4)C(=O)N3C2)=NC2C=CC=CC21. The molecular formula is C39H48F4N6O6S. The predicted molar refractivity (Wildman–Crippen MR) is 200 cm³/mol. The van der Waals surface area contributed by atoms with E-state index in [4.69, 9.17) is 9.73 Å². The summed E-state index contributed by atoms with van der Waals surface area (Å²) in [4.78, 5) is 51.0. The van der Waals surface area contributed by atoms with Gasteiger partial charge in [-0.2, -0.15) is 13.2 Å². The van der Waals surface area contributed by atoms with E-state index in [0.717, 1.165) is 12.1 Å². The van der Waals surface area contributed by atoms with E-state index in [9.17, 15) is 40.4 Å². The summed E-state index contributed by atoms with van der Waals surface area (Å²) >= 11 is 0. The molecule has 3 amide bonds. The van der Waals surface area contributed by atoms with Crippen LogP contribution in [-0.2, 0) is 35.3 Å². The molecule has 2 saturated carbocycles. The molecule has 3 N–H and O–H groups in total. The van der Waals surface area contributed by atoms with E-state index in [1.807, 2.05) is 55.2 Å². The van der Waals surface area contributed by atoms with Crippen molar-refractivity contribution in [2.75, 3.05) is 11.9 Å². The summed E-state index contributed by atoms with van der Waals surface area (Å²) in [5.74, 6) is -3.82. The highest BCUT2D eigenvalue weighted by Crippen LogP contribution is 2.47. The molecule has 12 nitrogen and oxygen atoms in total. The van der Waals surface area contributed by atoms with E-state index in [1.54, 1.807) is 6.92 Å². The molecule has 6 aliphatic rings. The number of halogens is 4. The Labute approximate surface area is 323 Å². The Bertz CT molecular complexity index is 1980. The van der Waals surface area contributed by atoms with Gasteiger partial charge in [0, 0.05) is 24.1 Å². The summed E-state index contributed by atoms with van der Waals surface area (Å²) in [5, 5.41) is 5.67. The zero-order chi connectivity index (χ0) is 40.2. The van der Waals surface area contributed by atoms with Gasteiger partial charge in [-0.25, -0.2) is 17.8 Å². The van der Waals surface area contributed by atoms with Gasteiger partial charge in [0.2, 0.25) is 21.8 Å². The number of ether oxygens (including phenoxy) is 1. The molecule has 1 aromatic rings. The Kier molecular flexibility index (Phi) is 10.5. The van der Waals surface area contributed by atoms with Crippen molar-refractivity contribution in [2.45, 2.75) is 131 Å². The van der Waals surface area contributed by atoms with Gasteiger partial charge in [0.15, 0.2) is 0 Å². The number of sulfonamides is 1. The van der Waals surface area contributed by atoms with Gasteiger partial charge in [0.05, 0.1) is 28.9 Å². The fourth-order valence-corrected chi connectivity index (χ4v) is 9.38. The number of benzene rings is 1. The van der Waals surface area contributed by atoms with Crippen LogP contribution in [0.2, 0.25) is 0 Å². The maximum atomic E-state index is 14.6. The lowest BCUT2D eigenvalue weighted by Gasteiger charge is -2.32. The molecule has 56 heavy (non-hydrogen) atoms. The highest BCUT2D eigenvalue weighted by Gasteiger charge is 2.63. The number of alkyl halides is 3. The molecule has 3 aliphatic heterocycles. The van der Waals surface area contributed by atoms with Crippen LogP contribution >= 0.6 is 0 Å². The fraction of sp³-hybridized carbons (Fsp3) is 0.590. The molecule has 0 spiro atoms. The number of aliphatic imine (C=N–C) groups is 1. The normalized spacial score (nSPS) is 32.0. The smallest absolute Gasteiger partial charge is 0.416 e. The van der Waals surface area contributed by atoms with Gasteiger partial charge in [0.25, 0.3) is 11.9 Å². The number of anilines is 1. The first-order valence-corrected chi connectivity index (χ1v) is 20.8. The molecule has 0 radical (unpaired) electrons. The summed E-state index contributed by atoms with van der Waals surface area (Å²) in [6.07, 6.45) is 9.37. The zero-order valence-electron chi connectivity index (χ0n) is 31.5. The van der Waals surface area contributed by atoms with Crippen molar-refractivity contribution in [3.8, 4) is 0 Å². The Morgan fingerprint density at radius 3 is 2.54 bits per heavy atom. The summed E-state index contributed by atoms with van der Waals surface area (Å²) in [5.41, 5.74) is -3.06. The van der Waals surface area contributed by atoms with Gasteiger partial charge in [-0.3, -0.25) is 19.1 Å². The third-order valence-electron chi connectivity index (χ3n) is 11.7. The van der Waals surface area contributed by atoms with Crippen molar-refractivity contribution in [3.63, 3.8) is 0 Å². The topological polar surface area (TPSA) is 150 Å². The van der Waals surface area contributed by atoms with Gasteiger partial charge >= 0.3 is 6.18 Å². The minimum atomic E-state index is -4.84. The van der Waals surface area contributed by atoms with Crippen LogP contribution < -0.4 is 15.4 Å². The number of hydrogen-bond donors (Lipinski definition) is 3. The molecule has 304 valence electrons. The van der Waals surface area contributed by atoms with Gasteiger partial charge in [-0.15, -0.1) is 0 Å². The number of carbonyl (C=O) groups excluding carboxylic acids is 3. The van der Waals surface area contributed by atoms with Crippen molar-refractivity contribution in [1.82, 2.24) is 19.8 Å². The lowest BCUT2D eigenvalue weighted by molar-refractivity contribution is -0.140. The Balaban J connectivity index is 1.20. The Hall–Kier alpha value is -4.41. The molecule has 1 aromatic carbocycles. The van der Waals surface area contributed by atoms with Crippen molar-refractivity contribution >= 4 is 39.5 Å². The number of nitrogens with zero attached hydrogens (tertiary/aromatic N) is 3. The number of amidine groups is 1. The number of hydrogen-bond acceptors (Lipinski definition) is 9. The third kappa shape index (κ3) is 7.92. The fourth-order valence-electron chi connectivity index (χ4n) is 8.07. The Morgan fingerprint density at radius 1 is 1.07 bits per heavy atom. The molecule has 7 atom stereocenters. The van der Waals surface area contributed by atoms with Crippen LogP contribution in [0.15, 0.2) is 59.6 Å². The zero-order valence-corrected chi connectivity index (χ0v) is 32.3. The van der Waals surface area contributed by atoms with E-state index >= 15 is 0 Å². The van der Waals surface area contributed by atoms with Gasteiger partial charge in [-0.1, -0.05) is 49.3 Å². The summed E-state index contributed by atoms with van der Waals surface area (Å²) in [6.45, 7) is 5.43. The lowest BCUT2D eigenvalue weighted by atomic mass is 10.0. The number of carbonyl (C=O) groups is 3. The van der Waals surface area contributed by atoms with Crippen molar-refractivity contribution < 1.29 is 45.1 Å². The summed E-state index contributed by atoms with van der Waals surface area (Å²) < 4.78 is 89.4. The van der Waals surface area contributed by atoms with Crippen LogP contribution in [0.25, 0.3) is 0 Å². The maximum Gasteiger partial charge on any atom is 0.416 e. The number of fused-ring (bicyclic) bond motifs is 3. The first kappa shape index (κ1) is 39.8. The summed E-state index contributed by atoms with van der Waals surface area (Å²) in [7, 11) is -4.04. The van der Waals surface area contributed by atoms with Gasteiger partial charge in [0.1, 0.15) is 29.5 Å². The second-order valence-corrected chi connectivity index (χ2v) is 18.5. The molecule has 3 aliphatic carbocycles. The molecule has 1 saturated heterocycles. The van der Waals surface area contributed by atoms with E-state index in [1.165, 1.54) is 4.90 Å². The lowest BCUT2D eigenvalue weighted by Crippen LogP contribution is -2.58. The third-order valence-corrected chi connectivity index (χ3v) is 13.9. The van der Waals surface area contributed by atoms with Crippen molar-refractivity contribution in [3.05, 3.63) is 66.0 Å². The second kappa shape index (κ2) is 14.8. The van der Waals surface area contributed by atoms with Crippen molar-refractivity contribution in [2.24, 2.45) is 10.9 Å². The molecule has 3 heterocycles. The monoisotopic (exact) mass is 804 g/mol. The second-order valence-electron chi connectivity index (χ2n) is 16.3. The highest BCUT2D eigenvalue weighted by atomic mass is 32.2. The van der Waals surface area contributed by atoms with Crippen LogP contribution in [0.4, 0.5) is 23.2 Å². The minimum Gasteiger partial charge on any atom is -0.460 e. The molecule has 17 heteroatoms. The standard InChI is InChI=1S/C39H48F4N6O6S/c1-23(2)49-31-14-10-9-12-29(31)45-36(49)55-28-20-32-33(50)46-38(35(52)47-56(53,54)37(3)15-16-37)21-24(38)11-7-5-4-6-8-13-30(34(51)48(32)22-28)44-27-18-25(39(41,42)43)17-26(40)19-27/h7,9-12,14,17-19,23-24,28-32,44H,4-6,8,13,15-16,20-22H2,1-3H3,(H,46,50)(H,47,52)/b11-7-/t24-,28-,29?,30+,31?,32+,38-/m1/s1. The quantitative estimate of drug-likeness (QED) is 0.259. The number of allylic oxidation sites excluding steroid dienone is 3. The predicted octanol–water partition coefficient (Wildman–Crippen LogP) is 4.95. The van der Waals surface area contributed by atoms with E-state index in [-0.39, 0.29) is 49.6 Å². The van der Waals surface area contributed by atoms with E-state index < -0.39 is 79.7 Å². The van der Waals surface area contributed by atoms with Crippen molar-refractivity contribution in [1.29, 1.82) is 0 Å². The molecule has 3 fully saturated rings. The maximum absolute atomic E-state index is 14.6. The van der Waals surface area contributed by atoms with Crippen LogP contribution in [-0.4, -0.2) is 95.1 Å². The first-order valence-electron chi connectivity index (χ1n) is 19.3. The number of nitrogens with one attached hydrogen (secondary N) is 3. The van der Waals surface area contributed by atoms with Crippen LogP contribution in [0, 0.1) is 11.7 Å². The molecular weight excluding hydrogens is 757 g/mol. The van der Waals surface area contributed by atoms with Crippen LogP contribution in [0.3, 0.4) is 0 Å². The average molecular weight is 805 g/mol. The minimum absolute atomic E-state index is 0.0227. The molecule has 0 aromatic heterocycles. The van der Waals surface area contributed by atoms with E-state index in [0.29, 0.717) is 50.6 Å². The number of amides is 3.